The number of nitrogens with two attached hydrogens (primary N) is 1. The standard InChI is InChI=1S/C20H29NO.C15H14O4/c1-13(2)14-6-8-16-15(12-14)7-9-17-19(16,3)10-5-11-20(17,4)18(21)22;1-8-3-4-10-12(18-7-8)6-13-14(15(10)17)11(16)5-9(2)19-13/h6,8,12-13,17H,5,7,9-11H2,1-4H3,(H2,21,22);3,5-6,17H,4,7H2,1-2H3. The number of primary amides is 1. The summed E-state index contributed by atoms with van der Waals surface area (Å²) in [5.41, 5.74) is 11.8. The number of carbonyl (C=O) groups excluding carboxylic acids is 1. The van der Waals surface area contributed by atoms with Gasteiger partial charge in [0.05, 0.1) is 0 Å². The van der Waals surface area contributed by atoms with Crippen LogP contribution in [0, 0.1) is 18.3 Å². The maximum absolute atomic E-state index is 12.2. The maximum Gasteiger partial charge on any atom is 0.223 e. The number of allylic oxidation sites excluding steroid dienone is 1. The number of benzene rings is 2. The molecule has 218 valence electrons. The fourth-order valence-corrected chi connectivity index (χ4v) is 7.46. The molecule has 6 nitrogen and oxygen atoms in total. The summed E-state index contributed by atoms with van der Waals surface area (Å²) in [6.07, 6.45) is 7.93. The largest absolute Gasteiger partial charge is 0.507 e. The molecule has 0 bridgehead atoms. The third kappa shape index (κ3) is 5.06. The lowest BCUT2D eigenvalue weighted by atomic mass is 9.49. The number of phenolic OH excluding ortho intramolecular Hbond substituents is 1. The number of aromatic hydroxyl groups is 1. The second-order valence-electron chi connectivity index (χ2n) is 13.1. The van der Waals surface area contributed by atoms with E-state index >= 15 is 0 Å². The minimum Gasteiger partial charge on any atom is -0.507 e. The second kappa shape index (κ2) is 10.7. The molecule has 2 heterocycles. The van der Waals surface area contributed by atoms with E-state index < -0.39 is 0 Å². The van der Waals surface area contributed by atoms with Gasteiger partial charge in [-0.25, -0.2) is 0 Å². The Bertz CT molecular complexity index is 1600. The van der Waals surface area contributed by atoms with Crippen LogP contribution in [-0.4, -0.2) is 17.6 Å². The van der Waals surface area contributed by atoms with Crippen molar-refractivity contribution >= 4 is 16.9 Å². The lowest BCUT2D eigenvalue weighted by Crippen LogP contribution is -2.54. The van der Waals surface area contributed by atoms with Crippen LogP contribution < -0.4 is 15.9 Å². The summed E-state index contributed by atoms with van der Waals surface area (Å²) in [6, 6.07) is 10.1. The Kier molecular flexibility index (Phi) is 7.56. The molecule has 1 aromatic heterocycles. The van der Waals surface area contributed by atoms with Crippen LogP contribution in [0.2, 0.25) is 0 Å². The van der Waals surface area contributed by atoms with Crippen LogP contribution in [0.4, 0.5) is 0 Å². The average Bonchev–Trinajstić information content (AvgIpc) is 3.09. The van der Waals surface area contributed by atoms with E-state index in [1.807, 2.05) is 13.0 Å². The van der Waals surface area contributed by atoms with Crippen molar-refractivity contribution in [3.63, 3.8) is 0 Å². The van der Waals surface area contributed by atoms with E-state index in [0.29, 0.717) is 47.5 Å². The van der Waals surface area contributed by atoms with Gasteiger partial charge in [-0.1, -0.05) is 58.4 Å². The molecule has 3 atom stereocenters. The predicted molar refractivity (Wildman–Crippen MR) is 163 cm³/mol. The number of ether oxygens (including phenoxy) is 1. The first-order chi connectivity index (χ1) is 19.3. The molecule has 3 unspecified atom stereocenters. The highest BCUT2D eigenvalue weighted by molar-refractivity contribution is 5.87. The quantitative estimate of drug-likeness (QED) is 0.331. The normalized spacial score (nSPS) is 25.0. The Hall–Kier alpha value is -3.54. The molecule has 6 rings (SSSR count). The number of phenols is 1. The Morgan fingerprint density at radius 3 is 2.59 bits per heavy atom. The lowest BCUT2D eigenvalue weighted by molar-refractivity contribution is -0.135. The zero-order chi connectivity index (χ0) is 29.7. The lowest BCUT2D eigenvalue weighted by Gasteiger charge is -2.54. The van der Waals surface area contributed by atoms with Crippen molar-refractivity contribution in [1.82, 2.24) is 0 Å². The van der Waals surface area contributed by atoms with Gasteiger partial charge in [0, 0.05) is 23.1 Å². The molecule has 6 heteroatoms. The Balaban J connectivity index is 0.000000166. The van der Waals surface area contributed by atoms with Crippen molar-refractivity contribution in [1.29, 1.82) is 0 Å². The SMILES string of the molecule is CC(C)c1ccc2c(c1)CCC1C(C)(C(N)=O)CCCC21C.CC1=CCc2c(cc3oc(C)cc(=O)c3c2O)OC1. The van der Waals surface area contributed by atoms with Crippen LogP contribution in [0.3, 0.4) is 0 Å². The Morgan fingerprint density at radius 2 is 1.88 bits per heavy atom. The van der Waals surface area contributed by atoms with E-state index in [4.69, 9.17) is 14.9 Å². The van der Waals surface area contributed by atoms with Crippen molar-refractivity contribution in [2.24, 2.45) is 17.1 Å². The van der Waals surface area contributed by atoms with E-state index in [2.05, 4.69) is 45.9 Å². The van der Waals surface area contributed by atoms with E-state index in [1.165, 1.54) is 29.2 Å². The van der Waals surface area contributed by atoms with Crippen LogP contribution in [0.1, 0.15) is 94.2 Å². The number of hydrogen-bond donors (Lipinski definition) is 2. The summed E-state index contributed by atoms with van der Waals surface area (Å²) < 4.78 is 11.1. The summed E-state index contributed by atoms with van der Waals surface area (Å²) >= 11 is 0. The molecule has 0 radical (unpaired) electrons. The van der Waals surface area contributed by atoms with Crippen LogP contribution in [-0.2, 0) is 23.1 Å². The molecule has 1 aliphatic heterocycles. The summed E-state index contributed by atoms with van der Waals surface area (Å²) in [7, 11) is 0. The van der Waals surface area contributed by atoms with Crippen LogP contribution >= 0.6 is 0 Å². The zero-order valence-electron chi connectivity index (χ0n) is 25.2. The summed E-state index contributed by atoms with van der Waals surface area (Å²) in [5.74, 6) is 1.89. The van der Waals surface area contributed by atoms with Crippen LogP contribution in [0.5, 0.6) is 11.5 Å². The van der Waals surface area contributed by atoms with E-state index in [9.17, 15) is 14.7 Å². The maximum atomic E-state index is 12.2. The molecular weight excluding hydrogens is 514 g/mol. The predicted octanol–water partition coefficient (Wildman–Crippen LogP) is 6.99. The van der Waals surface area contributed by atoms with Gasteiger partial charge in [-0.2, -0.15) is 0 Å². The number of rotatable bonds is 2. The number of fused-ring (bicyclic) bond motifs is 5. The molecule has 3 N–H and O–H groups in total. The minimum atomic E-state index is -0.346. The smallest absolute Gasteiger partial charge is 0.223 e. The first-order valence-corrected chi connectivity index (χ1v) is 14.9. The van der Waals surface area contributed by atoms with E-state index in [0.717, 1.165) is 31.3 Å². The van der Waals surface area contributed by atoms with Crippen LogP contribution in [0.15, 0.2) is 51.2 Å². The van der Waals surface area contributed by atoms with Gasteiger partial charge in [-0.05, 0) is 85.5 Å². The van der Waals surface area contributed by atoms with Gasteiger partial charge in [-0.15, -0.1) is 0 Å². The van der Waals surface area contributed by atoms with Crippen molar-refractivity contribution in [3.05, 3.63) is 80.2 Å². The van der Waals surface area contributed by atoms with Gasteiger partial charge in [0.1, 0.15) is 34.8 Å². The van der Waals surface area contributed by atoms with Gasteiger partial charge in [0.2, 0.25) is 5.91 Å². The van der Waals surface area contributed by atoms with Gasteiger partial charge >= 0.3 is 0 Å². The van der Waals surface area contributed by atoms with Gasteiger partial charge in [0.15, 0.2) is 5.43 Å². The number of amides is 1. The molecule has 0 saturated heterocycles. The monoisotopic (exact) mass is 557 g/mol. The highest BCUT2D eigenvalue weighted by Crippen LogP contribution is 2.57. The van der Waals surface area contributed by atoms with Crippen LogP contribution in [0.25, 0.3) is 11.0 Å². The number of carbonyl (C=O) groups is 1. The molecule has 2 aromatic carbocycles. The van der Waals surface area contributed by atoms with E-state index in [-0.39, 0.29) is 33.3 Å². The first-order valence-electron chi connectivity index (χ1n) is 14.9. The molecular formula is C35H43NO5. The second-order valence-corrected chi connectivity index (χ2v) is 13.1. The van der Waals surface area contributed by atoms with Gasteiger partial charge in [-0.3, -0.25) is 9.59 Å². The molecule has 0 spiro atoms. The molecule has 3 aliphatic rings. The summed E-state index contributed by atoms with van der Waals surface area (Å²) in [5, 5.41) is 10.5. The van der Waals surface area contributed by atoms with Crippen molar-refractivity contribution in [2.75, 3.05) is 6.61 Å². The third-order valence-corrected chi connectivity index (χ3v) is 9.90. The first kappa shape index (κ1) is 29.0. The molecule has 2 aliphatic carbocycles. The fourth-order valence-electron chi connectivity index (χ4n) is 7.46. The highest BCUT2D eigenvalue weighted by Gasteiger charge is 2.54. The summed E-state index contributed by atoms with van der Waals surface area (Å²) in [4.78, 5) is 24.1. The molecule has 1 saturated carbocycles. The van der Waals surface area contributed by atoms with Crippen molar-refractivity contribution < 1.29 is 19.1 Å². The Labute approximate surface area is 242 Å². The molecule has 3 aromatic rings. The summed E-state index contributed by atoms with van der Waals surface area (Å²) in [6.45, 7) is 13.1. The topological polar surface area (TPSA) is 103 Å². The molecule has 41 heavy (non-hydrogen) atoms. The highest BCUT2D eigenvalue weighted by atomic mass is 16.5. The van der Waals surface area contributed by atoms with Crippen molar-refractivity contribution in [2.45, 2.75) is 91.4 Å². The minimum absolute atomic E-state index is 0.0350. The van der Waals surface area contributed by atoms with Gasteiger partial charge < -0.3 is 20.0 Å². The zero-order valence-corrected chi connectivity index (χ0v) is 25.2. The third-order valence-electron chi connectivity index (χ3n) is 9.90. The number of hydrogen-bond acceptors (Lipinski definition) is 5. The Morgan fingerprint density at radius 1 is 1.12 bits per heavy atom. The van der Waals surface area contributed by atoms with Crippen molar-refractivity contribution in [3.8, 4) is 11.5 Å². The fraction of sp³-hybridized carbons (Fsp3) is 0.486. The molecule has 1 amide bonds. The average molecular weight is 558 g/mol. The van der Waals surface area contributed by atoms with E-state index in [1.54, 1.807) is 13.0 Å². The molecule has 1 fully saturated rings. The number of aryl methyl sites for hydroxylation is 2. The van der Waals surface area contributed by atoms with Gasteiger partial charge in [0.25, 0.3) is 0 Å².